The first-order valence-electron chi connectivity index (χ1n) is 7.22. The molecule has 8 nitrogen and oxygen atoms in total. The van der Waals surface area contributed by atoms with Crippen molar-refractivity contribution in [2.45, 2.75) is 13.8 Å². The second-order valence-corrected chi connectivity index (χ2v) is 4.23. The van der Waals surface area contributed by atoms with Gasteiger partial charge in [0.2, 0.25) is 0 Å². The van der Waals surface area contributed by atoms with E-state index in [0.717, 1.165) is 19.2 Å². The van der Waals surface area contributed by atoms with Gasteiger partial charge in [-0.15, -0.1) is 0 Å². The highest BCUT2D eigenvalue weighted by Crippen LogP contribution is 1.87. The summed E-state index contributed by atoms with van der Waals surface area (Å²) >= 11 is 0. The van der Waals surface area contributed by atoms with Gasteiger partial charge in [0.1, 0.15) is 19.8 Å². The Labute approximate surface area is 130 Å². The monoisotopic (exact) mass is 315 g/mol. The third kappa shape index (κ3) is 10.7. The maximum atomic E-state index is 11.4. The normalized spacial score (nSPS) is 9.95. The number of nitrogens with zero attached hydrogens (tertiary/aromatic N) is 1. The van der Waals surface area contributed by atoms with E-state index in [1.165, 1.54) is 0 Å². The zero-order valence-corrected chi connectivity index (χ0v) is 13.2. The maximum absolute atomic E-state index is 11.4. The Morgan fingerprint density at radius 1 is 1.09 bits per heavy atom. The van der Waals surface area contributed by atoms with Gasteiger partial charge < -0.3 is 25.0 Å². The number of carbonyl (C=O) groups excluding carboxylic acids is 3. The lowest BCUT2D eigenvalue weighted by Gasteiger charge is -2.17. The molecule has 0 aliphatic heterocycles. The first kappa shape index (κ1) is 19.9. The molecule has 0 aromatic rings. The molecule has 2 amide bonds. The second kappa shape index (κ2) is 12.6. The first-order chi connectivity index (χ1) is 10.5. The molecule has 0 saturated heterocycles. The molecule has 0 unspecified atom stereocenters. The van der Waals surface area contributed by atoms with E-state index in [0.29, 0.717) is 13.2 Å². The summed E-state index contributed by atoms with van der Waals surface area (Å²) in [4.78, 5) is 35.6. The zero-order chi connectivity index (χ0) is 16.8. The quantitative estimate of drug-likeness (QED) is 0.314. The molecule has 0 aliphatic rings. The molecule has 126 valence electrons. The summed E-state index contributed by atoms with van der Waals surface area (Å²) in [6.07, 6.45) is 1.04. The molecule has 0 fully saturated rings. The number of rotatable bonds is 11. The van der Waals surface area contributed by atoms with Gasteiger partial charge in [-0.3, -0.25) is 4.79 Å². The smallest absolute Gasteiger partial charge is 0.330 e. The molecule has 22 heavy (non-hydrogen) atoms. The summed E-state index contributed by atoms with van der Waals surface area (Å²) < 4.78 is 9.66. The van der Waals surface area contributed by atoms with Crippen molar-refractivity contribution >= 4 is 18.0 Å². The lowest BCUT2D eigenvalue weighted by Crippen LogP contribution is -2.40. The van der Waals surface area contributed by atoms with Gasteiger partial charge in [-0.2, -0.15) is 0 Å². The van der Waals surface area contributed by atoms with Crippen molar-refractivity contribution in [3.8, 4) is 0 Å². The van der Waals surface area contributed by atoms with Gasteiger partial charge in [-0.25, -0.2) is 9.59 Å². The zero-order valence-electron chi connectivity index (χ0n) is 13.2. The van der Waals surface area contributed by atoms with Crippen LogP contribution >= 0.6 is 0 Å². The highest BCUT2D eigenvalue weighted by molar-refractivity contribution is 5.81. The van der Waals surface area contributed by atoms with Crippen LogP contribution in [-0.2, 0) is 19.1 Å². The van der Waals surface area contributed by atoms with Crippen molar-refractivity contribution in [2.24, 2.45) is 0 Å². The van der Waals surface area contributed by atoms with Gasteiger partial charge >= 0.3 is 18.0 Å². The van der Waals surface area contributed by atoms with Crippen LogP contribution in [0, 0.1) is 0 Å². The molecule has 0 spiro atoms. The molecule has 0 bridgehead atoms. The lowest BCUT2D eigenvalue weighted by molar-refractivity contribution is -0.142. The maximum Gasteiger partial charge on any atom is 0.330 e. The molecule has 0 heterocycles. The summed E-state index contributed by atoms with van der Waals surface area (Å²) in [6.45, 7) is 10.0. The Morgan fingerprint density at radius 3 is 2.36 bits per heavy atom. The van der Waals surface area contributed by atoms with Crippen molar-refractivity contribution in [1.29, 1.82) is 0 Å². The third-order valence-corrected chi connectivity index (χ3v) is 2.76. The van der Waals surface area contributed by atoms with Gasteiger partial charge in [0, 0.05) is 12.6 Å². The lowest BCUT2D eigenvalue weighted by atomic mass is 10.5. The molecule has 8 heteroatoms. The molecule has 0 aliphatic carbocycles. The Kier molecular flexibility index (Phi) is 11.4. The van der Waals surface area contributed by atoms with Crippen molar-refractivity contribution in [3.05, 3.63) is 12.7 Å². The van der Waals surface area contributed by atoms with E-state index in [1.54, 1.807) is 0 Å². The first-order valence-corrected chi connectivity index (χ1v) is 7.22. The number of ether oxygens (including phenoxy) is 2. The third-order valence-electron chi connectivity index (χ3n) is 2.76. The topological polar surface area (TPSA) is 97.0 Å². The van der Waals surface area contributed by atoms with Gasteiger partial charge in [0.15, 0.2) is 0 Å². The summed E-state index contributed by atoms with van der Waals surface area (Å²) in [5, 5.41) is 4.78. The van der Waals surface area contributed by atoms with Crippen molar-refractivity contribution < 1.29 is 23.9 Å². The number of urea groups is 1. The highest BCUT2D eigenvalue weighted by Gasteiger charge is 2.07. The predicted octanol–water partition coefficient (Wildman–Crippen LogP) is -0.100. The van der Waals surface area contributed by atoms with Crippen LogP contribution in [0.4, 0.5) is 4.79 Å². The van der Waals surface area contributed by atoms with E-state index in [-0.39, 0.29) is 19.7 Å². The van der Waals surface area contributed by atoms with Crippen LogP contribution in [0.1, 0.15) is 13.8 Å². The van der Waals surface area contributed by atoms with Gasteiger partial charge in [-0.05, 0) is 13.1 Å². The van der Waals surface area contributed by atoms with Crippen LogP contribution < -0.4 is 10.6 Å². The van der Waals surface area contributed by atoms with E-state index in [1.807, 2.05) is 13.8 Å². The average molecular weight is 315 g/mol. The van der Waals surface area contributed by atoms with Crippen LogP contribution in [0.3, 0.4) is 0 Å². The molecule has 0 rings (SSSR count). The summed E-state index contributed by atoms with van der Waals surface area (Å²) in [7, 11) is 0. The number of amides is 2. The van der Waals surface area contributed by atoms with Gasteiger partial charge in [0.25, 0.3) is 0 Å². The highest BCUT2D eigenvalue weighted by atomic mass is 16.5. The molecule has 2 N–H and O–H groups in total. The Balaban J connectivity index is 3.62. The number of likely N-dealkylation sites (N-methyl/N-ethyl adjacent to an activating group) is 1. The van der Waals surface area contributed by atoms with Gasteiger partial charge in [0.05, 0.1) is 6.54 Å². The summed E-state index contributed by atoms with van der Waals surface area (Å²) in [5.41, 5.74) is 0. The predicted molar refractivity (Wildman–Crippen MR) is 81.3 cm³/mol. The molecular formula is C14H25N3O5. The standard InChI is InChI=1S/C14H25N3O5/c1-4-12(18)21-9-7-15-14(20)16-11-13(19)22-10-8-17(5-2)6-3/h4H,1,5-11H2,2-3H3,(H2,15,16,20). The van der Waals surface area contributed by atoms with E-state index in [9.17, 15) is 14.4 Å². The molecule has 0 aromatic heterocycles. The Morgan fingerprint density at radius 2 is 1.77 bits per heavy atom. The van der Waals surface area contributed by atoms with E-state index in [4.69, 9.17) is 4.74 Å². The van der Waals surface area contributed by atoms with Crippen LogP contribution in [-0.4, -0.2) is 68.8 Å². The minimum absolute atomic E-state index is 0.0343. The SMILES string of the molecule is C=CC(=O)OCCNC(=O)NCC(=O)OCCN(CC)CC. The molecule has 0 radical (unpaired) electrons. The number of hydrogen-bond donors (Lipinski definition) is 2. The number of carbonyl (C=O) groups is 3. The Bertz CT molecular complexity index is 369. The minimum atomic E-state index is -0.556. The second-order valence-electron chi connectivity index (χ2n) is 4.23. The van der Waals surface area contributed by atoms with Crippen molar-refractivity contribution in [1.82, 2.24) is 15.5 Å². The van der Waals surface area contributed by atoms with Crippen LogP contribution in [0.5, 0.6) is 0 Å². The molecular weight excluding hydrogens is 290 g/mol. The molecule has 0 aromatic carbocycles. The summed E-state index contributed by atoms with van der Waals surface area (Å²) in [5.74, 6) is -1.06. The molecule has 0 atom stereocenters. The van der Waals surface area contributed by atoms with Crippen LogP contribution in [0.2, 0.25) is 0 Å². The van der Waals surface area contributed by atoms with E-state index >= 15 is 0 Å². The largest absolute Gasteiger partial charge is 0.463 e. The molecule has 0 saturated carbocycles. The van der Waals surface area contributed by atoms with Gasteiger partial charge in [-0.1, -0.05) is 20.4 Å². The van der Waals surface area contributed by atoms with E-state index in [2.05, 4.69) is 26.8 Å². The van der Waals surface area contributed by atoms with Crippen LogP contribution in [0.15, 0.2) is 12.7 Å². The average Bonchev–Trinajstić information content (AvgIpc) is 2.53. The minimum Gasteiger partial charge on any atom is -0.463 e. The van der Waals surface area contributed by atoms with E-state index < -0.39 is 18.0 Å². The number of hydrogen-bond acceptors (Lipinski definition) is 6. The summed E-state index contributed by atoms with van der Waals surface area (Å²) in [6, 6.07) is -0.532. The number of esters is 2. The Hall–Kier alpha value is -2.09. The van der Waals surface area contributed by atoms with Crippen LogP contribution in [0.25, 0.3) is 0 Å². The number of nitrogens with one attached hydrogen (secondary N) is 2. The fraction of sp³-hybridized carbons (Fsp3) is 0.643. The fourth-order valence-corrected chi connectivity index (χ4v) is 1.47. The van der Waals surface area contributed by atoms with Crippen molar-refractivity contribution in [2.75, 3.05) is 45.9 Å². The van der Waals surface area contributed by atoms with Crippen molar-refractivity contribution in [3.63, 3.8) is 0 Å². The fourth-order valence-electron chi connectivity index (χ4n) is 1.47.